The van der Waals surface area contributed by atoms with Crippen LogP contribution in [0.25, 0.3) is 0 Å². The molecule has 3 N–H and O–H groups in total. The number of rotatable bonds is 6. The van der Waals surface area contributed by atoms with Crippen molar-refractivity contribution in [1.82, 2.24) is 5.32 Å². The Morgan fingerprint density at radius 3 is 2.89 bits per heavy atom. The maximum atomic E-state index is 12.1. The summed E-state index contributed by atoms with van der Waals surface area (Å²) in [6.07, 6.45) is 4.96. The fourth-order valence-electron chi connectivity index (χ4n) is 2.57. The molecule has 1 rings (SSSR count). The summed E-state index contributed by atoms with van der Waals surface area (Å²) < 4.78 is 5.43. The number of hydrogen-bond donors (Lipinski definition) is 2. The zero-order chi connectivity index (χ0) is 13.6. The van der Waals surface area contributed by atoms with E-state index >= 15 is 0 Å². The second-order valence-electron chi connectivity index (χ2n) is 5.89. The lowest BCUT2D eigenvalue weighted by molar-refractivity contribution is -0.128. The lowest BCUT2D eigenvalue weighted by Crippen LogP contribution is -2.56. The van der Waals surface area contributed by atoms with Gasteiger partial charge in [-0.3, -0.25) is 4.79 Å². The minimum Gasteiger partial charge on any atom is -0.379 e. The molecular weight excluding hydrogens is 228 g/mol. The van der Waals surface area contributed by atoms with Crippen molar-refractivity contribution in [3.8, 4) is 0 Å². The van der Waals surface area contributed by atoms with Crippen LogP contribution in [0, 0.1) is 5.92 Å². The summed E-state index contributed by atoms with van der Waals surface area (Å²) >= 11 is 0. The third-order valence-electron chi connectivity index (χ3n) is 3.54. The Hall–Kier alpha value is -0.610. The van der Waals surface area contributed by atoms with Gasteiger partial charge in [-0.1, -0.05) is 19.8 Å². The highest BCUT2D eigenvalue weighted by molar-refractivity contribution is 5.86. The van der Waals surface area contributed by atoms with Gasteiger partial charge in [0, 0.05) is 13.2 Å². The van der Waals surface area contributed by atoms with Crippen molar-refractivity contribution in [2.24, 2.45) is 11.7 Å². The number of carbonyl (C=O) groups is 1. The highest BCUT2D eigenvalue weighted by atomic mass is 16.5. The fourth-order valence-corrected chi connectivity index (χ4v) is 2.57. The Balaban J connectivity index is 2.23. The minimum atomic E-state index is -0.642. The molecule has 0 saturated heterocycles. The molecule has 0 aromatic carbocycles. The van der Waals surface area contributed by atoms with Crippen LogP contribution in [0.4, 0.5) is 0 Å². The summed E-state index contributed by atoms with van der Waals surface area (Å²) in [5.41, 5.74) is 5.57. The number of nitrogens with one attached hydrogen (secondary N) is 1. The molecule has 0 aromatic rings. The Bertz CT molecular complexity index is 269. The average molecular weight is 256 g/mol. The Labute approximate surface area is 111 Å². The lowest BCUT2D eigenvalue weighted by atomic mass is 9.76. The number of amides is 1. The largest absolute Gasteiger partial charge is 0.379 e. The number of hydrogen-bond acceptors (Lipinski definition) is 3. The zero-order valence-corrected chi connectivity index (χ0v) is 12.0. The van der Waals surface area contributed by atoms with Crippen LogP contribution >= 0.6 is 0 Å². The average Bonchev–Trinajstić information content (AvgIpc) is 2.27. The van der Waals surface area contributed by atoms with Crippen LogP contribution in [0.1, 0.15) is 52.9 Å². The third kappa shape index (κ3) is 4.94. The summed E-state index contributed by atoms with van der Waals surface area (Å²) in [6, 6.07) is 0. The van der Waals surface area contributed by atoms with Gasteiger partial charge in [0.25, 0.3) is 0 Å². The third-order valence-corrected chi connectivity index (χ3v) is 3.54. The highest BCUT2D eigenvalue weighted by Gasteiger charge is 2.37. The molecular formula is C14H28N2O2. The van der Waals surface area contributed by atoms with Gasteiger partial charge in [0.1, 0.15) is 0 Å². The maximum absolute atomic E-state index is 12.1. The molecule has 0 bridgehead atoms. The molecule has 2 unspecified atom stereocenters. The Morgan fingerprint density at radius 1 is 1.56 bits per heavy atom. The summed E-state index contributed by atoms with van der Waals surface area (Å²) in [7, 11) is 0. The van der Waals surface area contributed by atoms with E-state index in [1.807, 2.05) is 13.8 Å². The van der Waals surface area contributed by atoms with E-state index in [-0.39, 0.29) is 12.0 Å². The van der Waals surface area contributed by atoms with E-state index in [1.165, 1.54) is 6.42 Å². The van der Waals surface area contributed by atoms with Crippen molar-refractivity contribution in [2.45, 2.75) is 64.5 Å². The normalized spacial score (nSPS) is 28.4. The van der Waals surface area contributed by atoms with Crippen LogP contribution in [0.3, 0.4) is 0 Å². The van der Waals surface area contributed by atoms with Crippen LogP contribution < -0.4 is 11.1 Å². The van der Waals surface area contributed by atoms with Crippen LogP contribution in [0.5, 0.6) is 0 Å². The number of carbonyl (C=O) groups excluding carboxylic acids is 1. The van der Waals surface area contributed by atoms with Gasteiger partial charge < -0.3 is 15.8 Å². The topological polar surface area (TPSA) is 64.4 Å². The van der Waals surface area contributed by atoms with Crippen molar-refractivity contribution >= 4 is 5.91 Å². The van der Waals surface area contributed by atoms with E-state index in [1.54, 1.807) is 0 Å². The number of ether oxygens (including phenoxy) is 1. The molecule has 0 heterocycles. The lowest BCUT2D eigenvalue weighted by Gasteiger charge is -2.35. The monoisotopic (exact) mass is 256 g/mol. The first-order valence-electron chi connectivity index (χ1n) is 7.13. The first kappa shape index (κ1) is 15.4. The Kier molecular flexibility index (Phi) is 6.09. The summed E-state index contributed by atoms with van der Waals surface area (Å²) in [6.45, 7) is 7.53. The van der Waals surface area contributed by atoms with E-state index < -0.39 is 5.54 Å². The molecule has 1 fully saturated rings. The second kappa shape index (κ2) is 7.10. The molecule has 0 aromatic heterocycles. The Morgan fingerprint density at radius 2 is 2.28 bits per heavy atom. The molecule has 1 amide bonds. The first-order valence-corrected chi connectivity index (χ1v) is 7.13. The molecule has 18 heavy (non-hydrogen) atoms. The van der Waals surface area contributed by atoms with E-state index in [2.05, 4.69) is 12.2 Å². The van der Waals surface area contributed by atoms with E-state index in [4.69, 9.17) is 10.5 Å². The molecule has 0 radical (unpaired) electrons. The van der Waals surface area contributed by atoms with Gasteiger partial charge >= 0.3 is 0 Å². The molecule has 4 nitrogen and oxygen atoms in total. The molecule has 0 aliphatic heterocycles. The smallest absolute Gasteiger partial charge is 0.240 e. The summed E-state index contributed by atoms with van der Waals surface area (Å²) in [5.74, 6) is 0.567. The van der Waals surface area contributed by atoms with Crippen molar-refractivity contribution in [3.63, 3.8) is 0 Å². The molecule has 1 aliphatic rings. The van der Waals surface area contributed by atoms with Crippen molar-refractivity contribution in [2.75, 3.05) is 13.2 Å². The second-order valence-corrected chi connectivity index (χ2v) is 5.89. The zero-order valence-electron chi connectivity index (χ0n) is 12.0. The quantitative estimate of drug-likeness (QED) is 0.713. The van der Waals surface area contributed by atoms with Gasteiger partial charge in [-0.15, -0.1) is 0 Å². The van der Waals surface area contributed by atoms with E-state index in [9.17, 15) is 4.79 Å². The van der Waals surface area contributed by atoms with Gasteiger partial charge in [0.15, 0.2) is 0 Å². The van der Waals surface area contributed by atoms with Gasteiger partial charge in [-0.25, -0.2) is 0 Å². The molecule has 4 heteroatoms. The highest BCUT2D eigenvalue weighted by Crippen LogP contribution is 2.30. The van der Waals surface area contributed by atoms with E-state index in [0.29, 0.717) is 19.1 Å². The van der Waals surface area contributed by atoms with Crippen LogP contribution in [0.15, 0.2) is 0 Å². The molecule has 2 atom stereocenters. The SMILES string of the molecule is CC1CCCC(N)(C(=O)NCCCOC(C)C)C1. The van der Waals surface area contributed by atoms with Gasteiger partial charge in [0.05, 0.1) is 11.6 Å². The van der Waals surface area contributed by atoms with Gasteiger partial charge in [-0.2, -0.15) is 0 Å². The number of nitrogens with two attached hydrogens (primary N) is 1. The van der Waals surface area contributed by atoms with Crippen LogP contribution in [-0.4, -0.2) is 30.7 Å². The molecule has 1 saturated carbocycles. The van der Waals surface area contributed by atoms with Crippen LogP contribution in [-0.2, 0) is 9.53 Å². The summed E-state index contributed by atoms with van der Waals surface area (Å²) in [5, 5.41) is 2.94. The van der Waals surface area contributed by atoms with Gasteiger partial charge in [0.2, 0.25) is 5.91 Å². The van der Waals surface area contributed by atoms with E-state index in [0.717, 1.165) is 25.7 Å². The van der Waals surface area contributed by atoms with Crippen molar-refractivity contribution in [3.05, 3.63) is 0 Å². The molecule has 0 spiro atoms. The predicted molar refractivity (Wildman–Crippen MR) is 73.3 cm³/mol. The van der Waals surface area contributed by atoms with Crippen LogP contribution in [0.2, 0.25) is 0 Å². The predicted octanol–water partition coefficient (Wildman–Crippen LogP) is 1.83. The minimum absolute atomic E-state index is 0.0126. The van der Waals surface area contributed by atoms with Crippen molar-refractivity contribution < 1.29 is 9.53 Å². The fraction of sp³-hybridized carbons (Fsp3) is 0.929. The summed E-state index contributed by atoms with van der Waals surface area (Å²) in [4.78, 5) is 12.1. The first-order chi connectivity index (χ1) is 8.44. The van der Waals surface area contributed by atoms with Gasteiger partial charge in [-0.05, 0) is 39.0 Å². The standard InChI is InChI=1S/C14H28N2O2/c1-11(2)18-9-5-8-16-13(17)14(15)7-4-6-12(3)10-14/h11-12H,4-10,15H2,1-3H3,(H,16,17). The molecule has 106 valence electrons. The van der Waals surface area contributed by atoms with Crippen molar-refractivity contribution in [1.29, 1.82) is 0 Å². The maximum Gasteiger partial charge on any atom is 0.240 e. The molecule has 1 aliphatic carbocycles.